The summed E-state index contributed by atoms with van der Waals surface area (Å²) in [4.78, 5) is 0.0956. The molecule has 1 saturated heterocycles. The number of tetrazole rings is 1. The van der Waals surface area contributed by atoms with Crippen molar-refractivity contribution in [2.24, 2.45) is 0 Å². The van der Waals surface area contributed by atoms with Crippen LogP contribution in [0.4, 0.5) is 0 Å². The summed E-state index contributed by atoms with van der Waals surface area (Å²) >= 11 is 5.98. The van der Waals surface area contributed by atoms with Gasteiger partial charge in [0.05, 0.1) is 16.0 Å². The smallest absolute Gasteiger partial charge is 0.187 e. The third-order valence-corrected chi connectivity index (χ3v) is 5.69. The minimum absolute atomic E-state index is 0.0696. The molecule has 0 saturated carbocycles. The van der Waals surface area contributed by atoms with Crippen LogP contribution in [0.15, 0.2) is 29.2 Å². The van der Waals surface area contributed by atoms with E-state index in [4.69, 9.17) is 16.3 Å². The van der Waals surface area contributed by atoms with Gasteiger partial charge in [0.25, 0.3) is 0 Å². The number of ether oxygens (including phenoxy) is 1. The molecule has 1 aromatic heterocycles. The molecule has 118 valence electrons. The summed E-state index contributed by atoms with van der Waals surface area (Å²) in [6.07, 6.45) is 1.54. The average Bonchev–Trinajstić information content (AvgIpc) is 2.96. The second-order valence-electron chi connectivity index (χ2n) is 5.07. The highest BCUT2D eigenvalue weighted by Gasteiger charge is 2.26. The minimum atomic E-state index is -3.60. The molecular formula is C13H15ClN4O3S. The van der Waals surface area contributed by atoms with Crippen molar-refractivity contribution in [3.05, 3.63) is 35.1 Å². The summed E-state index contributed by atoms with van der Waals surface area (Å²) in [7, 11) is -3.60. The van der Waals surface area contributed by atoms with Crippen molar-refractivity contribution in [3.63, 3.8) is 0 Å². The molecule has 1 fully saturated rings. The van der Waals surface area contributed by atoms with Crippen molar-refractivity contribution in [3.8, 4) is 0 Å². The van der Waals surface area contributed by atoms with Crippen LogP contribution < -0.4 is 0 Å². The van der Waals surface area contributed by atoms with E-state index in [0.717, 1.165) is 12.8 Å². The van der Waals surface area contributed by atoms with Crippen LogP contribution in [0.25, 0.3) is 0 Å². The molecule has 7 nitrogen and oxygen atoms in total. The number of hydrogen-bond donors (Lipinski definition) is 0. The topological polar surface area (TPSA) is 87.0 Å². The molecule has 0 N–H and O–H groups in total. The molecule has 1 aromatic carbocycles. The zero-order chi connectivity index (χ0) is 15.6. The Bertz CT molecular complexity index is 756. The largest absolute Gasteiger partial charge is 0.381 e. The van der Waals surface area contributed by atoms with Gasteiger partial charge in [-0.3, -0.25) is 0 Å². The quantitative estimate of drug-likeness (QED) is 0.839. The Morgan fingerprint density at radius 3 is 2.73 bits per heavy atom. The van der Waals surface area contributed by atoms with Crippen LogP contribution in [0.5, 0.6) is 0 Å². The zero-order valence-electron chi connectivity index (χ0n) is 11.7. The van der Waals surface area contributed by atoms with Crippen molar-refractivity contribution in [2.45, 2.75) is 29.5 Å². The van der Waals surface area contributed by atoms with E-state index in [1.165, 1.54) is 6.07 Å². The van der Waals surface area contributed by atoms with Gasteiger partial charge in [-0.1, -0.05) is 23.7 Å². The van der Waals surface area contributed by atoms with Gasteiger partial charge in [0.1, 0.15) is 5.75 Å². The fourth-order valence-electron chi connectivity index (χ4n) is 2.47. The van der Waals surface area contributed by atoms with Crippen LogP contribution in [-0.2, 0) is 20.3 Å². The van der Waals surface area contributed by atoms with E-state index in [-0.39, 0.29) is 21.7 Å². The van der Waals surface area contributed by atoms with Crippen LogP contribution in [0.3, 0.4) is 0 Å². The van der Waals surface area contributed by atoms with E-state index in [0.29, 0.717) is 19.0 Å². The molecule has 22 heavy (non-hydrogen) atoms. The molecule has 0 spiro atoms. The number of halogens is 1. The first-order valence-corrected chi connectivity index (χ1v) is 8.93. The molecule has 1 aliphatic heterocycles. The first kappa shape index (κ1) is 15.4. The zero-order valence-corrected chi connectivity index (χ0v) is 13.3. The van der Waals surface area contributed by atoms with Crippen LogP contribution in [0.2, 0.25) is 5.02 Å². The van der Waals surface area contributed by atoms with Crippen LogP contribution in [0.1, 0.15) is 24.7 Å². The number of rotatable bonds is 4. The first-order chi connectivity index (χ1) is 10.6. The maximum atomic E-state index is 12.5. The van der Waals surface area contributed by atoms with Crippen molar-refractivity contribution in [1.82, 2.24) is 20.2 Å². The second kappa shape index (κ2) is 6.31. The highest BCUT2D eigenvalue weighted by molar-refractivity contribution is 7.90. The standard InChI is InChI=1S/C13H15ClN4O3S/c14-11-3-1-2-4-12(11)22(19,20)9-13-15-16-17-18(13)10-5-7-21-8-6-10/h1-4,10H,5-9H2. The molecule has 0 radical (unpaired) electrons. The van der Waals surface area contributed by atoms with Gasteiger partial charge in [0, 0.05) is 13.2 Å². The van der Waals surface area contributed by atoms with E-state index < -0.39 is 9.84 Å². The Balaban J connectivity index is 1.87. The fraction of sp³-hybridized carbons (Fsp3) is 0.462. The summed E-state index contributed by atoms with van der Waals surface area (Å²) in [5.41, 5.74) is 0. The molecule has 2 heterocycles. The Morgan fingerprint density at radius 2 is 2.00 bits per heavy atom. The first-order valence-electron chi connectivity index (χ1n) is 6.90. The molecule has 0 unspecified atom stereocenters. The molecule has 1 aliphatic rings. The third-order valence-electron chi connectivity index (χ3n) is 3.59. The predicted octanol–water partition coefficient (Wildman–Crippen LogP) is 1.65. The molecule has 3 rings (SSSR count). The van der Waals surface area contributed by atoms with Gasteiger partial charge in [-0.15, -0.1) is 5.10 Å². The Kier molecular flexibility index (Phi) is 4.42. The highest BCUT2D eigenvalue weighted by Crippen LogP contribution is 2.26. The lowest BCUT2D eigenvalue weighted by atomic mass is 10.1. The summed E-state index contributed by atoms with van der Waals surface area (Å²) in [6.45, 7) is 1.25. The summed E-state index contributed by atoms with van der Waals surface area (Å²) < 4.78 is 32.0. The average molecular weight is 343 g/mol. The van der Waals surface area contributed by atoms with Gasteiger partial charge < -0.3 is 4.74 Å². The van der Waals surface area contributed by atoms with Gasteiger partial charge in [0.15, 0.2) is 15.7 Å². The molecule has 0 bridgehead atoms. The van der Waals surface area contributed by atoms with Crippen molar-refractivity contribution in [2.75, 3.05) is 13.2 Å². The molecule has 9 heteroatoms. The lowest BCUT2D eigenvalue weighted by Gasteiger charge is -2.22. The number of nitrogens with zero attached hydrogens (tertiary/aromatic N) is 4. The van der Waals surface area contributed by atoms with Gasteiger partial charge in [-0.05, 0) is 35.4 Å². The normalized spacial score (nSPS) is 16.8. The van der Waals surface area contributed by atoms with Crippen LogP contribution in [-0.4, -0.2) is 41.8 Å². The molecule has 0 amide bonds. The van der Waals surface area contributed by atoms with Crippen molar-refractivity contribution in [1.29, 1.82) is 0 Å². The van der Waals surface area contributed by atoms with Gasteiger partial charge in [0.2, 0.25) is 0 Å². The van der Waals surface area contributed by atoms with Gasteiger partial charge >= 0.3 is 0 Å². The maximum absolute atomic E-state index is 12.5. The third kappa shape index (κ3) is 3.13. The van der Waals surface area contributed by atoms with E-state index >= 15 is 0 Å². The molecule has 2 aromatic rings. The van der Waals surface area contributed by atoms with Crippen molar-refractivity contribution >= 4 is 21.4 Å². The van der Waals surface area contributed by atoms with Crippen LogP contribution >= 0.6 is 11.6 Å². The Hall–Kier alpha value is -1.51. The minimum Gasteiger partial charge on any atom is -0.381 e. The summed E-state index contributed by atoms with van der Waals surface area (Å²) in [6, 6.07) is 6.43. The van der Waals surface area contributed by atoms with Crippen molar-refractivity contribution < 1.29 is 13.2 Å². The number of aromatic nitrogens is 4. The maximum Gasteiger partial charge on any atom is 0.187 e. The number of benzene rings is 1. The van der Waals surface area contributed by atoms with Gasteiger partial charge in [-0.2, -0.15) is 0 Å². The van der Waals surface area contributed by atoms with E-state index in [9.17, 15) is 8.42 Å². The lowest BCUT2D eigenvalue weighted by Crippen LogP contribution is -2.23. The SMILES string of the molecule is O=S(=O)(Cc1nnnn1C1CCOCC1)c1ccccc1Cl. The second-order valence-corrected chi connectivity index (χ2v) is 7.44. The lowest BCUT2D eigenvalue weighted by molar-refractivity contribution is 0.0650. The Labute approximate surface area is 133 Å². The highest BCUT2D eigenvalue weighted by atomic mass is 35.5. The molecule has 0 atom stereocenters. The summed E-state index contributed by atoms with van der Waals surface area (Å²) in [5, 5.41) is 11.6. The van der Waals surface area contributed by atoms with E-state index in [2.05, 4.69) is 15.5 Å². The van der Waals surface area contributed by atoms with E-state index in [1.54, 1.807) is 22.9 Å². The summed E-state index contributed by atoms with van der Waals surface area (Å²) in [5.74, 6) is 0.0491. The monoisotopic (exact) mass is 342 g/mol. The number of sulfone groups is 1. The van der Waals surface area contributed by atoms with E-state index in [1.807, 2.05) is 0 Å². The van der Waals surface area contributed by atoms with Crippen LogP contribution in [0, 0.1) is 0 Å². The molecular weight excluding hydrogens is 328 g/mol. The number of hydrogen-bond acceptors (Lipinski definition) is 6. The fourth-order valence-corrected chi connectivity index (χ4v) is 4.29. The molecule has 0 aliphatic carbocycles. The Morgan fingerprint density at radius 1 is 1.27 bits per heavy atom. The van der Waals surface area contributed by atoms with Gasteiger partial charge in [-0.25, -0.2) is 13.1 Å². The predicted molar refractivity (Wildman–Crippen MR) is 79.2 cm³/mol.